The lowest BCUT2D eigenvalue weighted by Crippen LogP contribution is -2.35. The van der Waals surface area contributed by atoms with Crippen molar-refractivity contribution in [2.75, 3.05) is 24.4 Å². The molecule has 2 aromatic rings. The Morgan fingerprint density at radius 2 is 1.82 bits per heavy atom. The number of pyridine rings is 1. The van der Waals surface area contributed by atoms with E-state index in [1.807, 2.05) is 0 Å². The maximum Gasteiger partial charge on any atom is 0.511 e. The van der Waals surface area contributed by atoms with E-state index in [-0.39, 0.29) is 36.1 Å². The molecule has 0 aliphatic rings. The Bertz CT molecular complexity index is 984. The first-order valence-electron chi connectivity index (χ1n) is 10.8. The van der Waals surface area contributed by atoms with E-state index in [2.05, 4.69) is 20.5 Å². The number of hydrogen-bond acceptors (Lipinski definition) is 11. The molecule has 184 valence electrons. The van der Waals surface area contributed by atoms with Gasteiger partial charge in [-0.05, 0) is 57.5 Å². The van der Waals surface area contributed by atoms with Crippen LogP contribution in [0.5, 0.6) is 5.75 Å². The van der Waals surface area contributed by atoms with Crippen molar-refractivity contribution in [3.05, 3.63) is 36.4 Å². The largest absolute Gasteiger partial charge is 0.511 e. The third-order valence-electron chi connectivity index (χ3n) is 4.31. The van der Waals surface area contributed by atoms with Crippen molar-refractivity contribution in [3.63, 3.8) is 0 Å². The number of ether oxygens (including phenoxy) is 3. The minimum absolute atomic E-state index is 0.0661. The molecule has 1 aromatic carbocycles. The molecule has 0 bridgehead atoms. The molecule has 0 saturated heterocycles. The van der Waals surface area contributed by atoms with Crippen LogP contribution < -0.4 is 27.3 Å². The van der Waals surface area contributed by atoms with Crippen molar-refractivity contribution in [1.29, 1.82) is 0 Å². The van der Waals surface area contributed by atoms with Crippen molar-refractivity contribution in [3.8, 4) is 5.75 Å². The highest BCUT2D eigenvalue weighted by Crippen LogP contribution is 2.30. The first-order chi connectivity index (χ1) is 16.3. The molecule has 0 radical (unpaired) electrons. The van der Waals surface area contributed by atoms with Gasteiger partial charge in [-0.15, -0.1) is 10.2 Å². The van der Waals surface area contributed by atoms with Gasteiger partial charge in [0.05, 0.1) is 12.1 Å². The number of carbonyl (C=O) groups is 2. The van der Waals surface area contributed by atoms with Crippen LogP contribution in [0.2, 0.25) is 0 Å². The standard InChI is InChI=1S/C22H31N7O5/c1-14(2)34-22(31)33-13-32-18-9-4-3-8-16(18)28-29-17-10-11-19(26-20(17)25)27-21(30)15(24)7-5-6-12-23/h3-4,8-11,14-15H,5-7,12-13,23-24H2,1-2H3,(H3,25,26,27,30)/t15-/m0/s1. The molecule has 1 atom stereocenters. The second-order valence-electron chi connectivity index (χ2n) is 7.47. The Hall–Kier alpha value is -3.77. The summed E-state index contributed by atoms with van der Waals surface area (Å²) < 4.78 is 15.2. The van der Waals surface area contributed by atoms with Crippen molar-refractivity contribution < 1.29 is 23.8 Å². The van der Waals surface area contributed by atoms with Gasteiger partial charge >= 0.3 is 6.16 Å². The van der Waals surface area contributed by atoms with E-state index in [0.717, 1.165) is 12.8 Å². The van der Waals surface area contributed by atoms with Gasteiger partial charge in [0.2, 0.25) is 12.7 Å². The van der Waals surface area contributed by atoms with Gasteiger partial charge in [-0.2, -0.15) is 0 Å². The molecule has 0 spiro atoms. The van der Waals surface area contributed by atoms with E-state index in [9.17, 15) is 9.59 Å². The van der Waals surface area contributed by atoms with Gasteiger partial charge in [-0.3, -0.25) is 4.79 Å². The summed E-state index contributed by atoms with van der Waals surface area (Å²) in [7, 11) is 0. The predicted molar refractivity (Wildman–Crippen MR) is 127 cm³/mol. The smallest absolute Gasteiger partial charge is 0.455 e. The molecule has 12 heteroatoms. The van der Waals surface area contributed by atoms with Gasteiger partial charge < -0.3 is 36.7 Å². The number of nitrogens with two attached hydrogens (primary N) is 3. The Morgan fingerprint density at radius 1 is 1.09 bits per heavy atom. The van der Waals surface area contributed by atoms with Crippen LogP contribution in [0.3, 0.4) is 0 Å². The number of amides is 1. The molecule has 1 amide bonds. The summed E-state index contributed by atoms with van der Waals surface area (Å²) in [6, 6.07) is 9.22. The number of nitrogens with one attached hydrogen (secondary N) is 1. The molecule has 7 N–H and O–H groups in total. The first-order valence-corrected chi connectivity index (χ1v) is 10.8. The number of nitrogens with zero attached hydrogens (tertiary/aromatic N) is 3. The summed E-state index contributed by atoms with van der Waals surface area (Å²) >= 11 is 0. The molecule has 1 heterocycles. The van der Waals surface area contributed by atoms with Crippen molar-refractivity contribution in [1.82, 2.24) is 4.98 Å². The lowest BCUT2D eigenvalue weighted by atomic mass is 10.1. The van der Waals surface area contributed by atoms with Crippen LogP contribution >= 0.6 is 0 Å². The SMILES string of the molecule is CC(C)OC(=O)OCOc1ccccc1N=Nc1ccc(NC(=O)[C@@H](N)CCCCN)nc1N. The summed E-state index contributed by atoms with van der Waals surface area (Å²) in [6.07, 6.45) is 0.954. The van der Waals surface area contributed by atoms with Crippen LogP contribution in [0, 0.1) is 0 Å². The summed E-state index contributed by atoms with van der Waals surface area (Å²) in [5.74, 6) is 0.299. The van der Waals surface area contributed by atoms with Crippen LogP contribution in [0.25, 0.3) is 0 Å². The van der Waals surface area contributed by atoms with Crippen molar-refractivity contribution in [2.24, 2.45) is 21.7 Å². The zero-order valence-corrected chi connectivity index (χ0v) is 19.3. The lowest BCUT2D eigenvalue weighted by molar-refractivity contribution is -0.117. The fourth-order valence-electron chi connectivity index (χ4n) is 2.62. The second kappa shape index (κ2) is 13.7. The fourth-order valence-corrected chi connectivity index (χ4v) is 2.62. The average Bonchev–Trinajstić information content (AvgIpc) is 2.79. The summed E-state index contributed by atoms with van der Waals surface area (Å²) in [5.41, 5.74) is 18.0. The zero-order valence-electron chi connectivity index (χ0n) is 19.3. The number of carbonyl (C=O) groups excluding carboxylic acids is 2. The number of unbranched alkanes of at least 4 members (excludes halogenated alkanes) is 1. The van der Waals surface area contributed by atoms with Crippen LogP contribution in [0.15, 0.2) is 46.6 Å². The minimum atomic E-state index is -0.836. The Labute approximate surface area is 197 Å². The molecule has 0 aliphatic carbocycles. The maximum absolute atomic E-state index is 12.2. The molecule has 34 heavy (non-hydrogen) atoms. The molecule has 2 rings (SSSR count). The Morgan fingerprint density at radius 3 is 2.53 bits per heavy atom. The number of anilines is 2. The third-order valence-corrected chi connectivity index (χ3v) is 4.31. The molecular formula is C22H31N7O5. The first kappa shape index (κ1) is 26.5. The van der Waals surface area contributed by atoms with E-state index >= 15 is 0 Å². The number of nitrogen functional groups attached to an aromatic ring is 1. The summed E-state index contributed by atoms with van der Waals surface area (Å²) in [4.78, 5) is 27.8. The topological polar surface area (TPSA) is 190 Å². The van der Waals surface area contributed by atoms with E-state index in [0.29, 0.717) is 24.4 Å². The van der Waals surface area contributed by atoms with Gasteiger partial charge in [0, 0.05) is 0 Å². The number of aromatic nitrogens is 1. The van der Waals surface area contributed by atoms with Gasteiger partial charge in [0.1, 0.15) is 17.2 Å². The predicted octanol–water partition coefficient (Wildman–Crippen LogP) is 3.37. The van der Waals surface area contributed by atoms with E-state index < -0.39 is 12.2 Å². The molecule has 0 saturated carbocycles. The van der Waals surface area contributed by atoms with Gasteiger partial charge in [0.25, 0.3) is 0 Å². The number of hydrogen-bond donors (Lipinski definition) is 4. The Balaban J connectivity index is 1.98. The van der Waals surface area contributed by atoms with Crippen molar-refractivity contribution >= 4 is 35.1 Å². The number of para-hydroxylation sites is 1. The van der Waals surface area contributed by atoms with E-state index in [1.165, 1.54) is 0 Å². The summed E-state index contributed by atoms with van der Waals surface area (Å²) in [6.45, 7) is 3.61. The number of rotatable bonds is 12. The third kappa shape index (κ3) is 9.00. The average molecular weight is 474 g/mol. The van der Waals surface area contributed by atoms with E-state index in [1.54, 1.807) is 50.2 Å². The minimum Gasteiger partial charge on any atom is -0.455 e. The highest BCUT2D eigenvalue weighted by Gasteiger charge is 2.14. The van der Waals surface area contributed by atoms with Crippen LogP contribution in [0.4, 0.5) is 27.8 Å². The van der Waals surface area contributed by atoms with Gasteiger partial charge in [-0.25, -0.2) is 9.78 Å². The monoisotopic (exact) mass is 473 g/mol. The second-order valence-corrected chi connectivity index (χ2v) is 7.47. The molecule has 0 fully saturated rings. The fraction of sp³-hybridized carbons (Fsp3) is 0.409. The zero-order chi connectivity index (χ0) is 24.9. The number of azo groups is 1. The highest BCUT2D eigenvalue weighted by molar-refractivity contribution is 5.94. The number of benzene rings is 1. The van der Waals surface area contributed by atoms with Gasteiger partial charge in [-0.1, -0.05) is 18.6 Å². The maximum atomic E-state index is 12.2. The molecular weight excluding hydrogens is 442 g/mol. The highest BCUT2D eigenvalue weighted by atomic mass is 16.8. The molecule has 1 aromatic heterocycles. The molecule has 0 aliphatic heterocycles. The van der Waals surface area contributed by atoms with Crippen LogP contribution in [0.1, 0.15) is 33.1 Å². The lowest BCUT2D eigenvalue weighted by Gasteiger charge is -2.12. The Kier molecular flexibility index (Phi) is 10.7. The molecule has 12 nitrogen and oxygen atoms in total. The van der Waals surface area contributed by atoms with Crippen LogP contribution in [-0.4, -0.2) is 42.5 Å². The van der Waals surface area contributed by atoms with Crippen molar-refractivity contribution in [2.45, 2.75) is 45.3 Å². The van der Waals surface area contributed by atoms with Gasteiger partial charge in [0.15, 0.2) is 11.6 Å². The normalized spacial score (nSPS) is 11.9. The quantitative estimate of drug-likeness (QED) is 0.155. The van der Waals surface area contributed by atoms with Crippen LogP contribution in [-0.2, 0) is 14.3 Å². The molecule has 0 unspecified atom stereocenters. The van der Waals surface area contributed by atoms with E-state index in [4.69, 9.17) is 31.4 Å². The summed E-state index contributed by atoms with van der Waals surface area (Å²) in [5, 5.41) is 10.9.